The molecule has 0 aromatic rings. The molecule has 0 aromatic carbocycles. The number of rotatable bonds is 8. The van der Waals surface area contributed by atoms with Crippen LogP contribution < -0.4 is 24.0 Å². The quantitative estimate of drug-likeness (QED) is 0.347. The van der Waals surface area contributed by atoms with Gasteiger partial charge in [0.25, 0.3) is 0 Å². The Bertz CT molecular complexity index is 118. The van der Waals surface area contributed by atoms with Crippen LogP contribution in [0.5, 0.6) is 0 Å². The molecule has 0 aliphatic rings. The van der Waals surface area contributed by atoms with Gasteiger partial charge in [-0.2, -0.15) is 0 Å². The fraction of sp³-hybridized carbons (Fsp3) is 1.00. The van der Waals surface area contributed by atoms with E-state index < -0.39 is 0 Å². The van der Waals surface area contributed by atoms with Crippen LogP contribution in [0.4, 0.5) is 0 Å². The van der Waals surface area contributed by atoms with Crippen molar-refractivity contribution in [1.82, 2.24) is 0 Å². The van der Waals surface area contributed by atoms with Crippen molar-refractivity contribution in [1.29, 1.82) is 0 Å². The topological polar surface area (TPSA) is 20.2 Å². The van der Waals surface area contributed by atoms with Crippen molar-refractivity contribution in [2.75, 3.05) is 33.8 Å². The lowest BCUT2D eigenvalue weighted by Crippen LogP contribution is -3.00. The summed E-state index contributed by atoms with van der Waals surface area (Å²) < 4.78 is 1.06. The minimum absolute atomic E-state index is 0. The number of hydrogen-bond donors (Lipinski definition) is 1. The van der Waals surface area contributed by atoms with E-state index in [1.54, 1.807) is 0 Å². The van der Waals surface area contributed by atoms with E-state index in [-0.39, 0.29) is 24.0 Å². The predicted octanol–water partition coefficient (Wildman–Crippen LogP) is -0.970. The molecule has 3 heteroatoms. The number of unbranched alkanes of at least 4 members (excludes halogenated alkanes) is 3. The molecule has 0 radical (unpaired) electrons. The number of hydrogen-bond acceptors (Lipinski definition) is 1. The normalized spacial score (nSPS) is 11.1. The Morgan fingerprint density at radius 2 is 1.50 bits per heavy atom. The van der Waals surface area contributed by atoms with E-state index >= 15 is 0 Å². The van der Waals surface area contributed by atoms with Gasteiger partial charge in [0.2, 0.25) is 0 Å². The molecule has 0 rings (SSSR count). The Labute approximate surface area is 106 Å². The second-order valence-corrected chi connectivity index (χ2v) is 4.52. The highest BCUT2D eigenvalue weighted by molar-refractivity contribution is 4.41. The van der Waals surface area contributed by atoms with E-state index in [0.29, 0.717) is 6.61 Å². The molecule has 0 spiro atoms. The van der Waals surface area contributed by atoms with Gasteiger partial charge in [0.15, 0.2) is 0 Å². The van der Waals surface area contributed by atoms with Crippen LogP contribution in [0.15, 0.2) is 0 Å². The Balaban J connectivity index is 0. The lowest BCUT2D eigenvalue weighted by atomic mass is 10.2. The number of aliphatic hydroxyl groups excluding tert-OH is 1. The average molecular weight is 315 g/mol. The molecule has 0 saturated carbocycles. The van der Waals surface area contributed by atoms with Crippen molar-refractivity contribution in [3.05, 3.63) is 0 Å². The third kappa shape index (κ3) is 10.7. The monoisotopic (exact) mass is 315 g/mol. The van der Waals surface area contributed by atoms with Gasteiger partial charge in [-0.1, -0.05) is 19.8 Å². The van der Waals surface area contributed by atoms with E-state index in [1.807, 2.05) is 0 Å². The first kappa shape index (κ1) is 17.1. The third-order valence-corrected chi connectivity index (χ3v) is 2.54. The van der Waals surface area contributed by atoms with Gasteiger partial charge < -0.3 is 33.6 Å². The SMILES string of the molecule is CCCCCC[N+](C)(C)CCCO.[I-]. The van der Waals surface area contributed by atoms with E-state index in [4.69, 9.17) is 5.11 Å². The van der Waals surface area contributed by atoms with Gasteiger partial charge in [0.1, 0.15) is 0 Å². The highest BCUT2D eigenvalue weighted by atomic mass is 127. The van der Waals surface area contributed by atoms with Gasteiger partial charge in [-0.15, -0.1) is 0 Å². The molecular formula is C11H26INO. The second kappa shape index (κ2) is 10.2. The highest BCUT2D eigenvalue weighted by Crippen LogP contribution is 2.05. The van der Waals surface area contributed by atoms with Crippen molar-refractivity contribution in [2.24, 2.45) is 0 Å². The number of quaternary nitrogens is 1. The maximum absolute atomic E-state index is 8.73. The third-order valence-electron chi connectivity index (χ3n) is 2.54. The van der Waals surface area contributed by atoms with Crippen molar-refractivity contribution in [3.63, 3.8) is 0 Å². The van der Waals surface area contributed by atoms with Crippen LogP contribution in [0.3, 0.4) is 0 Å². The van der Waals surface area contributed by atoms with Crippen LogP contribution in [0, 0.1) is 0 Å². The number of halogens is 1. The zero-order chi connectivity index (χ0) is 10.2. The van der Waals surface area contributed by atoms with Crippen molar-refractivity contribution >= 4 is 0 Å². The van der Waals surface area contributed by atoms with Gasteiger partial charge in [-0.05, 0) is 12.8 Å². The van der Waals surface area contributed by atoms with E-state index in [1.165, 1.54) is 32.2 Å². The van der Waals surface area contributed by atoms with E-state index in [0.717, 1.165) is 17.4 Å². The summed E-state index contributed by atoms with van der Waals surface area (Å²) in [6.45, 7) is 4.92. The zero-order valence-electron chi connectivity index (χ0n) is 9.93. The Morgan fingerprint density at radius 1 is 0.929 bits per heavy atom. The van der Waals surface area contributed by atoms with Crippen molar-refractivity contribution < 1.29 is 33.6 Å². The maximum Gasteiger partial charge on any atom is 0.0804 e. The predicted molar refractivity (Wildman–Crippen MR) is 57.7 cm³/mol. The van der Waals surface area contributed by atoms with Crippen molar-refractivity contribution in [3.8, 4) is 0 Å². The van der Waals surface area contributed by atoms with Crippen LogP contribution in [-0.4, -0.2) is 43.4 Å². The molecule has 2 nitrogen and oxygen atoms in total. The van der Waals surface area contributed by atoms with Crippen LogP contribution in [-0.2, 0) is 0 Å². The molecule has 0 atom stereocenters. The fourth-order valence-electron chi connectivity index (χ4n) is 1.58. The Kier molecular flexibility index (Phi) is 12.4. The largest absolute Gasteiger partial charge is 1.00 e. The summed E-state index contributed by atoms with van der Waals surface area (Å²) in [7, 11) is 4.50. The van der Waals surface area contributed by atoms with Crippen LogP contribution in [0.2, 0.25) is 0 Å². The molecular weight excluding hydrogens is 289 g/mol. The molecule has 14 heavy (non-hydrogen) atoms. The maximum atomic E-state index is 8.73. The van der Waals surface area contributed by atoms with Crippen LogP contribution >= 0.6 is 0 Å². The molecule has 0 bridgehead atoms. The number of aliphatic hydroxyl groups is 1. The molecule has 0 saturated heterocycles. The summed E-state index contributed by atoms with van der Waals surface area (Å²) in [4.78, 5) is 0. The van der Waals surface area contributed by atoms with Gasteiger partial charge in [-0.25, -0.2) is 0 Å². The molecule has 88 valence electrons. The first-order valence-electron chi connectivity index (χ1n) is 5.55. The Morgan fingerprint density at radius 3 is 2.00 bits per heavy atom. The van der Waals surface area contributed by atoms with Crippen LogP contribution in [0.25, 0.3) is 0 Å². The van der Waals surface area contributed by atoms with Gasteiger partial charge >= 0.3 is 0 Å². The summed E-state index contributed by atoms with van der Waals surface area (Å²) in [6.07, 6.45) is 6.29. The van der Waals surface area contributed by atoms with Gasteiger partial charge in [-0.3, -0.25) is 0 Å². The highest BCUT2D eigenvalue weighted by Gasteiger charge is 2.12. The van der Waals surface area contributed by atoms with Gasteiger partial charge in [0, 0.05) is 13.0 Å². The Hall–Kier alpha value is 0.650. The summed E-state index contributed by atoms with van der Waals surface area (Å²) in [5.74, 6) is 0. The van der Waals surface area contributed by atoms with E-state index in [9.17, 15) is 0 Å². The molecule has 0 aliphatic carbocycles. The average Bonchev–Trinajstić information content (AvgIpc) is 2.09. The molecule has 0 aromatic heterocycles. The summed E-state index contributed by atoms with van der Waals surface area (Å²) in [5.41, 5.74) is 0. The summed E-state index contributed by atoms with van der Waals surface area (Å²) in [5, 5.41) is 8.73. The smallest absolute Gasteiger partial charge is 0.0804 e. The van der Waals surface area contributed by atoms with Crippen molar-refractivity contribution in [2.45, 2.75) is 39.0 Å². The zero-order valence-corrected chi connectivity index (χ0v) is 12.1. The van der Waals surface area contributed by atoms with Crippen LogP contribution in [0.1, 0.15) is 39.0 Å². The molecule has 0 unspecified atom stereocenters. The standard InChI is InChI=1S/C11H26NO.HI/c1-4-5-6-7-9-12(2,3)10-8-11-13;/h13H,4-11H2,1-3H3;1H/q+1;/p-1. The molecule has 0 fully saturated rings. The second-order valence-electron chi connectivity index (χ2n) is 4.52. The molecule has 0 amide bonds. The summed E-state index contributed by atoms with van der Waals surface area (Å²) in [6, 6.07) is 0. The fourth-order valence-corrected chi connectivity index (χ4v) is 1.58. The minimum Gasteiger partial charge on any atom is -1.00 e. The molecule has 0 heterocycles. The first-order valence-corrected chi connectivity index (χ1v) is 5.55. The summed E-state index contributed by atoms with van der Waals surface area (Å²) >= 11 is 0. The molecule has 0 aliphatic heterocycles. The lowest BCUT2D eigenvalue weighted by molar-refractivity contribution is -0.890. The minimum atomic E-state index is 0. The van der Waals surface area contributed by atoms with E-state index in [2.05, 4.69) is 21.0 Å². The first-order chi connectivity index (χ1) is 6.12. The number of nitrogens with zero attached hydrogens (tertiary/aromatic N) is 1. The van der Waals surface area contributed by atoms with Gasteiger partial charge in [0.05, 0.1) is 27.2 Å². The molecule has 1 N–H and O–H groups in total. The lowest BCUT2D eigenvalue weighted by Gasteiger charge is -2.29.